The van der Waals surface area contributed by atoms with Crippen molar-refractivity contribution < 1.29 is 9.53 Å². The molecular formula is C12H11BrO2. The van der Waals surface area contributed by atoms with Gasteiger partial charge in [-0.1, -0.05) is 35.0 Å². The van der Waals surface area contributed by atoms with Gasteiger partial charge >= 0.3 is 5.97 Å². The molecule has 1 aliphatic heterocycles. The Hall–Kier alpha value is -0.830. The third-order valence-corrected chi connectivity index (χ3v) is 4.32. The van der Waals surface area contributed by atoms with E-state index in [1.807, 2.05) is 24.3 Å². The van der Waals surface area contributed by atoms with Gasteiger partial charge in [0.15, 0.2) is 0 Å². The van der Waals surface area contributed by atoms with Gasteiger partial charge in [0.1, 0.15) is 5.41 Å². The van der Waals surface area contributed by atoms with Crippen molar-refractivity contribution in [3.05, 3.63) is 34.3 Å². The molecule has 0 N–H and O–H groups in total. The van der Waals surface area contributed by atoms with Gasteiger partial charge in [-0.3, -0.25) is 4.79 Å². The Bertz CT molecular complexity index is 443. The summed E-state index contributed by atoms with van der Waals surface area (Å²) >= 11 is 3.44. The first-order valence-corrected chi connectivity index (χ1v) is 5.90. The van der Waals surface area contributed by atoms with E-state index in [4.69, 9.17) is 4.74 Å². The Kier molecular flexibility index (Phi) is 1.78. The van der Waals surface area contributed by atoms with Gasteiger partial charge in [0, 0.05) is 10.4 Å². The first-order chi connectivity index (χ1) is 7.17. The molecule has 0 spiro atoms. The van der Waals surface area contributed by atoms with Gasteiger partial charge in [-0.15, -0.1) is 0 Å². The van der Waals surface area contributed by atoms with Crippen LogP contribution in [0.25, 0.3) is 0 Å². The number of ether oxygens (including phenoxy) is 1. The molecule has 78 valence electrons. The van der Waals surface area contributed by atoms with E-state index in [9.17, 15) is 4.79 Å². The molecule has 0 radical (unpaired) electrons. The molecule has 2 nitrogen and oxygen atoms in total. The van der Waals surface area contributed by atoms with Gasteiger partial charge in [-0.05, 0) is 23.6 Å². The fraction of sp³-hybridized carbons (Fsp3) is 0.417. The van der Waals surface area contributed by atoms with Crippen molar-refractivity contribution >= 4 is 21.9 Å². The number of hydrogen-bond acceptors (Lipinski definition) is 2. The van der Waals surface area contributed by atoms with Crippen LogP contribution in [0.4, 0.5) is 0 Å². The highest BCUT2D eigenvalue weighted by molar-refractivity contribution is 9.10. The minimum absolute atomic E-state index is 0.0434. The standard InChI is InChI=1S/C12H11BrO2/c1-7-10-6-15-11(14)12(7,10)8-3-2-4-9(13)5-8/h2-5,7,10H,6H2,1H3/t7-,10?,12?/m0/s1. The van der Waals surface area contributed by atoms with Crippen molar-refractivity contribution in [2.45, 2.75) is 12.3 Å². The molecular weight excluding hydrogens is 256 g/mol. The first-order valence-electron chi connectivity index (χ1n) is 5.10. The number of carbonyl (C=O) groups excluding carboxylic acids is 1. The van der Waals surface area contributed by atoms with E-state index in [1.165, 1.54) is 0 Å². The van der Waals surface area contributed by atoms with Crippen molar-refractivity contribution in [1.29, 1.82) is 0 Å². The molecule has 2 aliphatic rings. The van der Waals surface area contributed by atoms with Crippen LogP contribution in [0.2, 0.25) is 0 Å². The maximum atomic E-state index is 11.8. The fourth-order valence-corrected chi connectivity index (χ4v) is 3.29. The molecule has 1 heterocycles. The van der Waals surface area contributed by atoms with Crippen LogP contribution in [0, 0.1) is 11.8 Å². The topological polar surface area (TPSA) is 26.3 Å². The van der Waals surface area contributed by atoms with E-state index in [1.54, 1.807) is 0 Å². The predicted molar refractivity (Wildman–Crippen MR) is 59.4 cm³/mol. The molecule has 2 unspecified atom stereocenters. The molecule has 0 bridgehead atoms. The normalized spacial score (nSPS) is 37.3. The van der Waals surface area contributed by atoms with Crippen LogP contribution in [0.5, 0.6) is 0 Å². The average Bonchev–Trinajstić information content (AvgIpc) is 2.63. The van der Waals surface area contributed by atoms with Gasteiger partial charge in [0.2, 0.25) is 0 Å². The predicted octanol–water partition coefficient (Wildman–Crippen LogP) is 2.51. The van der Waals surface area contributed by atoms with Gasteiger partial charge in [-0.2, -0.15) is 0 Å². The molecule has 15 heavy (non-hydrogen) atoms. The van der Waals surface area contributed by atoms with E-state index in [2.05, 4.69) is 22.9 Å². The zero-order valence-electron chi connectivity index (χ0n) is 8.37. The molecule has 3 heteroatoms. The van der Waals surface area contributed by atoms with Crippen LogP contribution in [0.15, 0.2) is 28.7 Å². The molecule has 1 aliphatic carbocycles. The molecule has 1 aromatic carbocycles. The summed E-state index contributed by atoms with van der Waals surface area (Å²) in [5, 5.41) is 0. The zero-order valence-corrected chi connectivity index (χ0v) is 9.95. The number of cyclic esters (lactones) is 1. The fourth-order valence-electron chi connectivity index (χ4n) is 2.89. The average molecular weight is 267 g/mol. The monoisotopic (exact) mass is 266 g/mol. The van der Waals surface area contributed by atoms with E-state index >= 15 is 0 Å². The largest absolute Gasteiger partial charge is 0.465 e. The van der Waals surface area contributed by atoms with Crippen LogP contribution in [-0.2, 0) is 14.9 Å². The van der Waals surface area contributed by atoms with Crippen molar-refractivity contribution in [1.82, 2.24) is 0 Å². The second-order valence-electron chi connectivity index (χ2n) is 4.37. The SMILES string of the molecule is C[C@H]1C2COC(=O)C21c1cccc(Br)c1. The van der Waals surface area contributed by atoms with Crippen LogP contribution in [0.1, 0.15) is 12.5 Å². The second kappa shape index (κ2) is 2.85. The lowest BCUT2D eigenvalue weighted by molar-refractivity contribution is -0.143. The third-order valence-electron chi connectivity index (χ3n) is 3.83. The van der Waals surface area contributed by atoms with Gasteiger partial charge in [0.05, 0.1) is 6.61 Å². The molecule has 2 fully saturated rings. The summed E-state index contributed by atoms with van der Waals surface area (Å²) in [6.07, 6.45) is 0. The molecule has 1 saturated heterocycles. The Morgan fingerprint density at radius 2 is 2.33 bits per heavy atom. The Morgan fingerprint density at radius 1 is 1.53 bits per heavy atom. The first kappa shape index (κ1) is 9.40. The summed E-state index contributed by atoms with van der Waals surface area (Å²) < 4.78 is 6.15. The van der Waals surface area contributed by atoms with Gasteiger partial charge < -0.3 is 4.74 Å². The smallest absolute Gasteiger partial charge is 0.317 e. The van der Waals surface area contributed by atoms with Crippen molar-refractivity contribution in [2.75, 3.05) is 6.61 Å². The quantitative estimate of drug-likeness (QED) is 0.731. The lowest BCUT2D eigenvalue weighted by Gasteiger charge is -2.11. The second-order valence-corrected chi connectivity index (χ2v) is 5.29. The number of rotatable bonds is 1. The minimum atomic E-state index is -0.330. The van der Waals surface area contributed by atoms with Crippen LogP contribution in [0.3, 0.4) is 0 Å². The summed E-state index contributed by atoms with van der Waals surface area (Å²) in [4.78, 5) is 11.8. The third kappa shape index (κ3) is 1.02. The van der Waals surface area contributed by atoms with E-state index in [0.717, 1.165) is 10.0 Å². The minimum Gasteiger partial charge on any atom is -0.465 e. The highest BCUT2D eigenvalue weighted by atomic mass is 79.9. The Morgan fingerprint density at radius 3 is 2.93 bits per heavy atom. The summed E-state index contributed by atoms with van der Waals surface area (Å²) in [5.41, 5.74) is 0.765. The van der Waals surface area contributed by atoms with Crippen LogP contribution < -0.4 is 0 Å². The van der Waals surface area contributed by atoms with Gasteiger partial charge in [-0.25, -0.2) is 0 Å². The summed E-state index contributed by atoms with van der Waals surface area (Å²) in [5.74, 6) is 0.769. The van der Waals surface area contributed by atoms with Crippen molar-refractivity contribution in [2.24, 2.45) is 11.8 Å². The maximum absolute atomic E-state index is 11.8. The zero-order chi connectivity index (χ0) is 10.6. The number of benzene rings is 1. The van der Waals surface area contributed by atoms with E-state index in [0.29, 0.717) is 18.4 Å². The number of halogens is 1. The number of hydrogen-bond donors (Lipinski definition) is 0. The van der Waals surface area contributed by atoms with E-state index in [-0.39, 0.29) is 11.4 Å². The highest BCUT2D eigenvalue weighted by Crippen LogP contribution is 2.64. The van der Waals surface area contributed by atoms with Crippen LogP contribution in [-0.4, -0.2) is 12.6 Å². The molecule has 1 saturated carbocycles. The van der Waals surface area contributed by atoms with Gasteiger partial charge in [0.25, 0.3) is 0 Å². The highest BCUT2D eigenvalue weighted by Gasteiger charge is 2.73. The number of esters is 1. The van der Waals surface area contributed by atoms with E-state index < -0.39 is 0 Å². The molecule has 3 rings (SSSR count). The number of fused-ring (bicyclic) bond motifs is 1. The van der Waals surface area contributed by atoms with Crippen molar-refractivity contribution in [3.8, 4) is 0 Å². The Labute approximate surface area is 96.8 Å². The Balaban J connectivity index is 2.11. The molecule has 0 amide bonds. The summed E-state index contributed by atoms with van der Waals surface area (Å²) in [6.45, 7) is 2.72. The molecule has 3 atom stereocenters. The summed E-state index contributed by atoms with van der Waals surface area (Å²) in [6, 6.07) is 8.00. The number of carbonyl (C=O) groups is 1. The van der Waals surface area contributed by atoms with Crippen LogP contribution >= 0.6 is 15.9 Å². The maximum Gasteiger partial charge on any atom is 0.317 e. The van der Waals surface area contributed by atoms with Crippen molar-refractivity contribution in [3.63, 3.8) is 0 Å². The lowest BCUT2D eigenvalue weighted by atomic mass is 9.93. The summed E-state index contributed by atoms with van der Waals surface area (Å²) in [7, 11) is 0. The lowest BCUT2D eigenvalue weighted by Crippen LogP contribution is -2.21. The molecule has 0 aromatic heterocycles. The molecule has 1 aromatic rings.